The van der Waals surface area contributed by atoms with Gasteiger partial charge in [0.05, 0.1) is 11.4 Å². The first-order valence-corrected chi connectivity index (χ1v) is 6.88. The van der Waals surface area contributed by atoms with Crippen LogP contribution in [-0.2, 0) is 0 Å². The number of aromatic nitrogens is 1. The van der Waals surface area contributed by atoms with Gasteiger partial charge in [-0.1, -0.05) is 24.3 Å². The third kappa shape index (κ3) is 1.70. The molecule has 0 fully saturated rings. The van der Waals surface area contributed by atoms with Crippen molar-refractivity contribution in [3.8, 4) is 0 Å². The molecule has 0 unspecified atom stereocenters. The van der Waals surface area contributed by atoms with E-state index in [0.29, 0.717) is 11.4 Å². The van der Waals surface area contributed by atoms with E-state index in [2.05, 4.69) is 10.4 Å². The Kier molecular flexibility index (Phi) is 2.53. The maximum atomic E-state index is 11.2. The lowest BCUT2D eigenvalue weighted by Crippen LogP contribution is -2.40. The molecule has 0 aliphatic carbocycles. The lowest BCUT2D eigenvalue weighted by atomic mass is 10.1. The summed E-state index contributed by atoms with van der Waals surface area (Å²) in [6, 6.07) is 11.0. The van der Waals surface area contributed by atoms with E-state index in [1.165, 1.54) is 6.07 Å². The van der Waals surface area contributed by atoms with E-state index in [-0.39, 0.29) is 11.4 Å². The second kappa shape index (κ2) is 4.42. The highest BCUT2D eigenvalue weighted by molar-refractivity contribution is 5.75. The van der Waals surface area contributed by atoms with E-state index >= 15 is 0 Å². The number of aliphatic hydroxyl groups is 1. The summed E-state index contributed by atoms with van der Waals surface area (Å²) >= 11 is 0. The highest BCUT2D eigenvalue weighted by Crippen LogP contribution is 2.29. The van der Waals surface area contributed by atoms with Crippen molar-refractivity contribution in [2.24, 2.45) is 0 Å². The Bertz CT molecular complexity index is 954. The molecular weight excluding hydrogens is 280 g/mol. The Balaban J connectivity index is 1.92. The number of hydrogen-bond donors (Lipinski definition) is 3. The number of anilines is 1. The smallest absolute Gasteiger partial charge is 0.248 e. The fourth-order valence-corrected chi connectivity index (χ4v) is 2.80. The first kappa shape index (κ1) is 12.6. The standard InChI is InChI=1S/C16H14N4O2/c1-19-9-10-4-2-3-5-12(10)14-15(19)16(22)20(18-14)11-6-7-13(21)17-8-11/h2-9,18,22H,1H3,(H,17,21). The van der Waals surface area contributed by atoms with Crippen LogP contribution in [0.3, 0.4) is 0 Å². The van der Waals surface area contributed by atoms with Gasteiger partial charge in [0.15, 0.2) is 0 Å². The summed E-state index contributed by atoms with van der Waals surface area (Å²) in [5.74, 6) is 0.0929. The number of aromatic amines is 1. The number of pyridine rings is 1. The number of likely N-dealkylation sites (N-methyl/N-ethyl adjacent to an activating group) is 1. The Morgan fingerprint density at radius 2 is 1.95 bits per heavy atom. The van der Waals surface area contributed by atoms with Crippen molar-refractivity contribution in [3.05, 3.63) is 75.0 Å². The summed E-state index contributed by atoms with van der Waals surface area (Å²) in [7, 11) is 1.89. The van der Waals surface area contributed by atoms with E-state index < -0.39 is 0 Å². The maximum Gasteiger partial charge on any atom is 0.248 e. The third-order valence-electron chi connectivity index (χ3n) is 3.83. The van der Waals surface area contributed by atoms with Gasteiger partial charge in [-0.3, -0.25) is 10.2 Å². The molecule has 22 heavy (non-hydrogen) atoms. The second-order valence-electron chi connectivity index (χ2n) is 5.23. The van der Waals surface area contributed by atoms with Gasteiger partial charge in [-0.15, -0.1) is 0 Å². The topological polar surface area (TPSA) is 71.6 Å². The van der Waals surface area contributed by atoms with Crippen molar-refractivity contribution >= 4 is 17.6 Å². The molecule has 0 spiro atoms. The normalized spacial score (nSPS) is 16.1. The van der Waals surface area contributed by atoms with Crippen LogP contribution in [0.4, 0.5) is 5.69 Å². The molecule has 3 N–H and O–H groups in total. The first-order valence-electron chi connectivity index (χ1n) is 6.88. The zero-order chi connectivity index (χ0) is 15.3. The molecule has 2 aromatic rings. The molecule has 2 aliphatic heterocycles. The van der Waals surface area contributed by atoms with E-state index in [4.69, 9.17) is 0 Å². The Morgan fingerprint density at radius 1 is 1.14 bits per heavy atom. The van der Waals surface area contributed by atoms with Crippen molar-refractivity contribution in [2.45, 2.75) is 0 Å². The molecule has 6 nitrogen and oxygen atoms in total. The molecule has 6 heteroatoms. The second-order valence-corrected chi connectivity index (χ2v) is 5.23. The maximum absolute atomic E-state index is 11.2. The van der Waals surface area contributed by atoms with Crippen LogP contribution in [0, 0.1) is 0 Å². The number of nitrogens with zero attached hydrogens (tertiary/aromatic N) is 2. The molecule has 0 atom stereocenters. The molecule has 0 radical (unpaired) electrons. The minimum atomic E-state index is -0.184. The van der Waals surface area contributed by atoms with Crippen LogP contribution in [-0.4, -0.2) is 22.0 Å². The van der Waals surface area contributed by atoms with Gasteiger partial charge in [0.25, 0.3) is 0 Å². The number of H-pyrrole nitrogens is 1. The number of hydrogen-bond acceptors (Lipinski definition) is 5. The molecule has 0 saturated heterocycles. The van der Waals surface area contributed by atoms with E-state index in [1.54, 1.807) is 17.3 Å². The average Bonchev–Trinajstić information content (AvgIpc) is 2.87. The third-order valence-corrected chi connectivity index (χ3v) is 3.83. The van der Waals surface area contributed by atoms with Crippen molar-refractivity contribution in [1.29, 1.82) is 0 Å². The van der Waals surface area contributed by atoms with Crippen molar-refractivity contribution < 1.29 is 5.11 Å². The monoisotopic (exact) mass is 294 g/mol. The average molecular weight is 294 g/mol. The van der Waals surface area contributed by atoms with E-state index in [9.17, 15) is 9.90 Å². The van der Waals surface area contributed by atoms with E-state index in [0.717, 1.165) is 16.1 Å². The zero-order valence-corrected chi connectivity index (χ0v) is 11.9. The van der Waals surface area contributed by atoms with Crippen LogP contribution in [0.5, 0.6) is 0 Å². The lowest BCUT2D eigenvalue weighted by Gasteiger charge is -2.19. The minimum Gasteiger partial charge on any atom is -0.492 e. The number of nitrogens with one attached hydrogen (secondary N) is 2. The minimum absolute atomic E-state index is 0.0929. The number of benzene rings is 1. The fraction of sp³-hybridized carbons (Fsp3) is 0.0625. The van der Waals surface area contributed by atoms with Gasteiger partial charge in [-0.05, 0) is 6.07 Å². The largest absolute Gasteiger partial charge is 0.492 e. The highest BCUT2D eigenvalue weighted by atomic mass is 16.3. The molecule has 4 rings (SSSR count). The van der Waals surface area contributed by atoms with Gasteiger partial charge in [-0.2, -0.15) is 0 Å². The predicted molar refractivity (Wildman–Crippen MR) is 83.7 cm³/mol. The van der Waals surface area contributed by atoms with Crippen LogP contribution >= 0.6 is 0 Å². The molecule has 0 saturated carbocycles. The lowest BCUT2D eigenvalue weighted by molar-refractivity contribution is 0.376. The number of hydrazine groups is 1. The molecule has 3 heterocycles. The van der Waals surface area contributed by atoms with Gasteiger partial charge in [0, 0.05) is 35.9 Å². The Morgan fingerprint density at radius 3 is 2.73 bits per heavy atom. The van der Waals surface area contributed by atoms with Gasteiger partial charge >= 0.3 is 0 Å². The van der Waals surface area contributed by atoms with Crippen LogP contribution in [0.2, 0.25) is 0 Å². The van der Waals surface area contributed by atoms with Gasteiger partial charge in [0.1, 0.15) is 5.70 Å². The van der Waals surface area contributed by atoms with Gasteiger partial charge < -0.3 is 15.0 Å². The molecule has 1 aromatic carbocycles. The summed E-state index contributed by atoms with van der Waals surface area (Å²) in [6.07, 6.45) is 3.53. The molecule has 0 bridgehead atoms. The SMILES string of the molecule is CN1C=c2ccccc2=C2NN(c3ccc(=O)[nH]c3)C(O)=C21. The van der Waals surface area contributed by atoms with E-state index in [1.807, 2.05) is 42.4 Å². The van der Waals surface area contributed by atoms with Crippen LogP contribution in [0.25, 0.3) is 11.9 Å². The summed E-state index contributed by atoms with van der Waals surface area (Å²) in [5, 5.41) is 14.2. The van der Waals surface area contributed by atoms with Crippen LogP contribution < -0.4 is 26.4 Å². The molecule has 2 aliphatic rings. The summed E-state index contributed by atoms with van der Waals surface area (Å²) in [5.41, 5.74) is 5.21. The number of aliphatic hydroxyl groups excluding tert-OH is 1. The molecule has 0 amide bonds. The summed E-state index contributed by atoms with van der Waals surface area (Å²) in [4.78, 5) is 15.7. The Labute approximate surface area is 125 Å². The van der Waals surface area contributed by atoms with Crippen molar-refractivity contribution in [1.82, 2.24) is 15.3 Å². The van der Waals surface area contributed by atoms with Gasteiger partial charge in [0.2, 0.25) is 11.4 Å². The summed E-state index contributed by atoms with van der Waals surface area (Å²) < 4.78 is 0. The predicted octanol–water partition coefficient (Wildman–Crippen LogP) is -0.0816. The molecule has 110 valence electrons. The van der Waals surface area contributed by atoms with Gasteiger partial charge in [-0.25, -0.2) is 5.01 Å². The van der Waals surface area contributed by atoms with Crippen molar-refractivity contribution in [3.63, 3.8) is 0 Å². The van der Waals surface area contributed by atoms with Crippen LogP contribution in [0.1, 0.15) is 0 Å². The molecule has 1 aromatic heterocycles. The first-order chi connectivity index (χ1) is 10.6. The van der Waals surface area contributed by atoms with Crippen molar-refractivity contribution in [2.75, 3.05) is 12.1 Å². The highest BCUT2D eigenvalue weighted by Gasteiger charge is 2.31. The molecular formula is C16H14N4O2. The Hall–Kier alpha value is -3.15. The fourth-order valence-electron chi connectivity index (χ4n) is 2.80. The van der Waals surface area contributed by atoms with Crippen LogP contribution in [0.15, 0.2) is 59.0 Å². The summed E-state index contributed by atoms with van der Waals surface area (Å²) in [6.45, 7) is 0. The number of rotatable bonds is 1. The zero-order valence-electron chi connectivity index (χ0n) is 11.9. The number of fused-ring (bicyclic) bond motifs is 2. The quantitative estimate of drug-likeness (QED) is 0.686.